The van der Waals surface area contributed by atoms with Gasteiger partial charge in [-0.2, -0.15) is 5.10 Å². The second kappa shape index (κ2) is 11.4. The number of nitrogens with one attached hydrogen (secondary N) is 3. The van der Waals surface area contributed by atoms with Crippen LogP contribution in [0.2, 0.25) is 0 Å². The predicted octanol–water partition coefficient (Wildman–Crippen LogP) is 5.18. The fourth-order valence-corrected chi connectivity index (χ4v) is 4.82. The van der Waals surface area contributed by atoms with Crippen molar-refractivity contribution in [2.45, 2.75) is 52.0 Å². The topological polar surface area (TPSA) is 116 Å². The van der Waals surface area contributed by atoms with Gasteiger partial charge in [-0.05, 0) is 68.0 Å². The molecule has 9 nitrogen and oxygen atoms in total. The number of piperidine rings is 1. The molecule has 0 radical (unpaired) electrons. The average molecular weight is 512 g/mol. The lowest BCUT2D eigenvalue weighted by atomic mass is 10.0. The van der Waals surface area contributed by atoms with Crippen LogP contribution in [0.1, 0.15) is 66.9 Å². The molecule has 0 bridgehead atoms. The monoisotopic (exact) mass is 511 g/mol. The van der Waals surface area contributed by atoms with Crippen molar-refractivity contribution in [3.05, 3.63) is 66.4 Å². The van der Waals surface area contributed by atoms with Crippen molar-refractivity contribution in [1.82, 2.24) is 25.5 Å². The fraction of sp³-hybridized carbons (Fsp3) is 0.345. The molecule has 0 atom stereocenters. The molecule has 0 unspecified atom stereocenters. The number of H-pyrrole nitrogens is 1. The number of aromatic nitrogens is 4. The normalized spacial score (nSPS) is 13.6. The molecule has 4 aromatic rings. The summed E-state index contributed by atoms with van der Waals surface area (Å²) in [5.74, 6) is -0.578. The second-order valence-corrected chi connectivity index (χ2v) is 9.69. The van der Waals surface area contributed by atoms with Gasteiger partial charge in [0, 0.05) is 36.3 Å². The van der Waals surface area contributed by atoms with Gasteiger partial charge in [-0.15, -0.1) is 0 Å². The first-order valence-corrected chi connectivity index (χ1v) is 13.3. The lowest BCUT2D eigenvalue weighted by Crippen LogP contribution is -2.34. The van der Waals surface area contributed by atoms with Gasteiger partial charge in [0.25, 0.3) is 11.8 Å². The van der Waals surface area contributed by atoms with E-state index in [0.717, 1.165) is 53.6 Å². The zero-order valence-electron chi connectivity index (χ0n) is 21.8. The summed E-state index contributed by atoms with van der Waals surface area (Å²) in [7, 11) is 0. The molecule has 38 heavy (non-hydrogen) atoms. The highest BCUT2D eigenvalue weighted by molar-refractivity contribution is 6.11. The van der Waals surface area contributed by atoms with Gasteiger partial charge < -0.3 is 15.5 Å². The summed E-state index contributed by atoms with van der Waals surface area (Å²) < 4.78 is 0. The van der Waals surface area contributed by atoms with Gasteiger partial charge in [-0.25, -0.2) is 4.98 Å². The van der Waals surface area contributed by atoms with Crippen molar-refractivity contribution < 1.29 is 9.59 Å². The number of fused-ring (bicyclic) bond motifs is 1. The van der Waals surface area contributed by atoms with Crippen LogP contribution in [0.4, 0.5) is 11.4 Å². The Balaban J connectivity index is 1.33. The Kier molecular flexibility index (Phi) is 7.62. The first kappa shape index (κ1) is 25.4. The number of hydrogen-bond acceptors (Lipinski definition) is 6. The van der Waals surface area contributed by atoms with E-state index < -0.39 is 0 Å². The van der Waals surface area contributed by atoms with Crippen LogP contribution < -0.4 is 15.5 Å². The van der Waals surface area contributed by atoms with Crippen molar-refractivity contribution >= 4 is 34.1 Å². The number of carbonyl (C=O) groups excluding carboxylic acids is 2. The van der Waals surface area contributed by atoms with Gasteiger partial charge in [-0.1, -0.05) is 19.9 Å². The number of amides is 2. The Hall–Kier alpha value is -4.27. The van der Waals surface area contributed by atoms with Gasteiger partial charge in [0.05, 0.1) is 29.3 Å². The van der Waals surface area contributed by atoms with E-state index in [1.165, 1.54) is 25.5 Å². The van der Waals surface area contributed by atoms with Gasteiger partial charge in [-0.3, -0.25) is 19.7 Å². The van der Waals surface area contributed by atoms with E-state index in [4.69, 9.17) is 0 Å². The molecule has 3 aromatic heterocycles. The smallest absolute Gasteiger partial charge is 0.276 e. The SMILES string of the molecule is CCC(CC)NC(=O)c1ccc(NC(=O)c2n[nH]c3ccc(-c4cncc(N5CCCCC5)c4)cc23)cn1. The van der Waals surface area contributed by atoms with E-state index in [1.807, 2.05) is 44.4 Å². The number of rotatable bonds is 8. The number of pyridine rings is 2. The van der Waals surface area contributed by atoms with Crippen LogP contribution in [0.15, 0.2) is 55.0 Å². The minimum Gasteiger partial charge on any atom is -0.370 e. The second-order valence-electron chi connectivity index (χ2n) is 9.69. The molecular weight excluding hydrogens is 478 g/mol. The van der Waals surface area contributed by atoms with E-state index >= 15 is 0 Å². The van der Waals surface area contributed by atoms with E-state index in [2.05, 4.69) is 41.8 Å². The van der Waals surface area contributed by atoms with Crippen LogP contribution in [0.5, 0.6) is 0 Å². The molecule has 2 amide bonds. The number of hydrogen-bond donors (Lipinski definition) is 3. The summed E-state index contributed by atoms with van der Waals surface area (Å²) in [6.45, 7) is 6.17. The third-order valence-corrected chi connectivity index (χ3v) is 7.13. The summed E-state index contributed by atoms with van der Waals surface area (Å²) in [6, 6.07) is 11.5. The van der Waals surface area contributed by atoms with E-state index in [9.17, 15) is 9.59 Å². The molecule has 0 spiro atoms. The highest BCUT2D eigenvalue weighted by Crippen LogP contribution is 2.29. The molecule has 196 valence electrons. The lowest BCUT2D eigenvalue weighted by Gasteiger charge is -2.28. The standard InChI is InChI=1S/C29H33N7O2/c1-3-21(4-2)32-28(37)26-11-9-22(17-31-26)33-29(38)27-24-15-19(8-10-25(24)34-35-27)20-14-23(18-30-16-20)36-12-6-5-7-13-36/h8-11,14-18,21H,3-7,12-13H2,1-2H3,(H,32,37)(H,33,38)(H,34,35). The molecule has 0 saturated carbocycles. The van der Waals surface area contributed by atoms with Gasteiger partial charge in [0.15, 0.2) is 5.69 Å². The van der Waals surface area contributed by atoms with Gasteiger partial charge >= 0.3 is 0 Å². The Morgan fingerprint density at radius 3 is 2.50 bits per heavy atom. The van der Waals surface area contributed by atoms with Gasteiger partial charge in [0.1, 0.15) is 5.69 Å². The third-order valence-electron chi connectivity index (χ3n) is 7.13. The first-order chi connectivity index (χ1) is 18.6. The van der Waals surface area contributed by atoms with Crippen LogP contribution in [0, 0.1) is 0 Å². The lowest BCUT2D eigenvalue weighted by molar-refractivity contribution is 0.0929. The molecule has 9 heteroatoms. The zero-order chi connectivity index (χ0) is 26.5. The molecule has 0 aliphatic carbocycles. The third kappa shape index (κ3) is 5.51. The summed E-state index contributed by atoms with van der Waals surface area (Å²) in [6.07, 6.45) is 10.6. The van der Waals surface area contributed by atoms with Crippen LogP contribution >= 0.6 is 0 Å². The maximum Gasteiger partial charge on any atom is 0.276 e. The minimum absolute atomic E-state index is 0.115. The highest BCUT2D eigenvalue weighted by atomic mass is 16.2. The van der Waals surface area contributed by atoms with Crippen LogP contribution in [-0.2, 0) is 0 Å². The van der Waals surface area contributed by atoms with Crippen LogP contribution in [0.25, 0.3) is 22.0 Å². The molecule has 4 heterocycles. The van der Waals surface area contributed by atoms with Crippen molar-refractivity contribution in [3.8, 4) is 11.1 Å². The quantitative estimate of drug-likeness (QED) is 0.300. The molecule has 1 saturated heterocycles. The number of anilines is 2. The number of carbonyl (C=O) groups is 2. The number of nitrogens with zero attached hydrogens (tertiary/aromatic N) is 4. The number of benzene rings is 1. The summed E-state index contributed by atoms with van der Waals surface area (Å²) in [5, 5.41) is 13.7. The zero-order valence-corrected chi connectivity index (χ0v) is 21.8. The van der Waals surface area contributed by atoms with Crippen molar-refractivity contribution in [3.63, 3.8) is 0 Å². The molecule has 1 aromatic carbocycles. The molecule has 1 aliphatic rings. The number of aromatic amines is 1. The molecule has 1 fully saturated rings. The summed E-state index contributed by atoms with van der Waals surface area (Å²) in [4.78, 5) is 36.6. The van der Waals surface area contributed by atoms with Crippen LogP contribution in [0.3, 0.4) is 0 Å². The summed E-state index contributed by atoms with van der Waals surface area (Å²) >= 11 is 0. The largest absolute Gasteiger partial charge is 0.370 e. The maximum atomic E-state index is 13.1. The van der Waals surface area contributed by atoms with E-state index in [1.54, 1.807) is 12.1 Å². The highest BCUT2D eigenvalue weighted by Gasteiger charge is 2.18. The van der Waals surface area contributed by atoms with Crippen molar-refractivity contribution in [2.24, 2.45) is 0 Å². The molecular formula is C29H33N7O2. The molecule has 5 rings (SSSR count). The Bertz CT molecular complexity index is 1420. The molecule has 3 N–H and O–H groups in total. The average Bonchev–Trinajstić information content (AvgIpc) is 3.40. The predicted molar refractivity (Wildman–Crippen MR) is 149 cm³/mol. The van der Waals surface area contributed by atoms with Gasteiger partial charge in [0.2, 0.25) is 0 Å². The van der Waals surface area contributed by atoms with Crippen molar-refractivity contribution in [1.29, 1.82) is 0 Å². The minimum atomic E-state index is -0.357. The van der Waals surface area contributed by atoms with E-state index in [0.29, 0.717) is 11.4 Å². The fourth-order valence-electron chi connectivity index (χ4n) is 4.82. The van der Waals surface area contributed by atoms with Crippen molar-refractivity contribution in [2.75, 3.05) is 23.3 Å². The van der Waals surface area contributed by atoms with Crippen LogP contribution in [-0.4, -0.2) is 51.1 Å². The Labute approximate surface area is 222 Å². The van der Waals surface area contributed by atoms with E-state index in [-0.39, 0.29) is 23.6 Å². The maximum absolute atomic E-state index is 13.1. The summed E-state index contributed by atoms with van der Waals surface area (Å²) in [5.41, 5.74) is 4.94. The Morgan fingerprint density at radius 2 is 1.76 bits per heavy atom. The Morgan fingerprint density at radius 1 is 0.947 bits per heavy atom. The first-order valence-electron chi connectivity index (χ1n) is 13.3. The molecule has 1 aliphatic heterocycles.